The molecule has 1 amide bonds. The maximum absolute atomic E-state index is 10.9. The van der Waals surface area contributed by atoms with Gasteiger partial charge in [0, 0.05) is 0 Å². The first-order valence-electron chi connectivity index (χ1n) is 4.10. The molecule has 0 aliphatic carbocycles. The van der Waals surface area contributed by atoms with E-state index in [1.54, 1.807) is 31.2 Å². The second kappa shape index (κ2) is 4.32. The van der Waals surface area contributed by atoms with Gasteiger partial charge in [-0.2, -0.15) is 0 Å². The number of hydrogen-bond acceptors (Lipinski definition) is 3. The molecular formula is C10H12N2O2. The molecule has 1 aromatic carbocycles. The second-order valence-corrected chi connectivity index (χ2v) is 2.79. The lowest BCUT2D eigenvalue weighted by atomic mass is 10.3. The molecule has 4 heteroatoms. The predicted octanol–water partition coefficient (Wildman–Crippen LogP) is 0.741. The van der Waals surface area contributed by atoms with Gasteiger partial charge >= 0.3 is 0 Å². The lowest BCUT2D eigenvalue weighted by Gasteiger charge is -2.07. The molecule has 0 atom stereocenters. The van der Waals surface area contributed by atoms with Crippen LogP contribution in [-0.2, 0) is 4.79 Å². The Morgan fingerprint density at radius 1 is 1.21 bits per heavy atom. The molecular weight excluding hydrogens is 180 g/mol. The minimum absolute atomic E-state index is 0.0174. The zero-order valence-electron chi connectivity index (χ0n) is 7.86. The average Bonchev–Trinajstić information content (AvgIpc) is 2.15. The van der Waals surface area contributed by atoms with Crippen LogP contribution in [0.25, 0.3) is 0 Å². The second-order valence-electron chi connectivity index (χ2n) is 2.79. The van der Waals surface area contributed by atoms with Crippen LogP contribution in [0.1, 0.15) is 6.92 Å². The Kier molecular flexibility index (Phi) is 3.12. The fourth-order valence-electron chi connectivity index (χ4n) is 0.932. The molecule has 0 unspecified atom stereocenters. The van der Waals surface area contributed by atoms with Gasteiger partial charge in [0.15, 0.2) is 0 Å². The molecule has 0 radical (unpaired) electrons. The summed E-state index contributed by atoms with van der Waals surface area (Å²) < 4.78 is 5.22. The standard InChI is InChI=1S/C10H12N2O2/c1-7(11)9(10(12)13)14-8-5-3-2-4-6-8/h2-6H,11H2,1H3,(H2,12,13)/b9-7+. The number of ether oxygens (including phenoxy) is 1. The van der Waals surface area contributed by atoms with Crippen molar-refractivity contribution < 1.29 is 9.53 Å². The quantitative estimate of drug-likeness (QED) is 0.547. The normalized spacial score (nSPS) is 11.8. The first kappa shape index (κ1) is 10.1. The molecule has 0 spiro atoms. The van der Waals surface area contributed by atoms with Crippen molar-refractivity contribution in [1.29, 1.82) is 0 Å². The van der Waals surface area contributed by atoms with Crippen LogP contribution < -0.4 is 16.2 Å². The maximum atomic E-state index is 10.9. The van der Waals surface area contributed by atoms with Gasteiger partial charge in [-0.15, -0.1) is 0 Å². The third-order valence-corrected chi connectivity index (χ3v) is 1.55. The largest absolute Gasteiger partial charge is 0.450 e. The van der Waals surface area contributed by atoms with E-state index in [9.17, 15) is 4.79 Å². The molecule has 1 aromatic rings. The fraction of sp³-hybridized carbons (Fsp3) is 0.100. The number of carbonyl (C=O) groups excluding carboxylic acids is 1. The summed E-state index contributed by atoms with van der Waals surface area (Å²) in [5.74, 6) is -0.156. The van der Waals surface area contributed by atoms with Crippen LogP contribution in [0.3, 0.4) is 0 Å². The average molecular weight is 192 g/mol. The predicted molar refractivity (Wildman–Crippen MR) is 53.2 cm³/mol. The zero-order chi connectivity index (χ0) is 10.6. The first-order valence-corrected chi connectivity index (χ1v) is 4.10. The van der Waals surface area contributed by atoms with E-state index in [0.29, 0.717) is 5.75 Å². The van der Waals surface area contributed by atoms with Crippen molar-refractivity contribution in [3.63, 3.8) is 0 Å². The van der Waals surface area contributed by atoms with Crippen LogP contribution in [0.5, 0.6) is 5.75 Å². The Morgan fingerprint density at radius 2 is 1.79 bits per heavy atom. The number of allylic oxidation sites excluding steroid dienone is 1. The summed E-state index contributed by atoms with van der Waals surface area (Å²) in [6.45, 7) is 1.56. The number of rotatable bonds is 3. The monoisotopic (exact) mass is 192 g/mol. The SMILES string of the molecule is C/C(N)=C(\Oc1ccccc1)C(N)=O. The molecule has 0 fully saturated rings. The highest BCUT2D eigenvalue weighted by molar-refractivity contribution is 5.90. The van der Waals surface area contributed by atoms with Crippen molar-refractivity contribution >= 4 is 5.91 Å². The molecule has 0 aromatic heterocycles. The molecule has 1 rings (SSSR count). The number of carbonyl (C=O) groups is 1. The number of primary amides is 1. The Balaban J connectivity index is 2.87. The van der Waals surface area contributed by atoms with Crippen LogP contribution >= 0.6 is 0 Å². The van der Waals surface area contributed by atoms with Crippen LogP contribution in [0.4, 0.5) is 0 Å². The molecule has 0 saturated carbocycles. The van der Waals surface area contributed by atoms with Crippen LogP contribution in [0.2, 0.25) is 0 Å². The van der Waals surface area contributed by atoms with Crippen molar-refractivity contribution in [2.45, 2.75) is 6.92 Å². The van der Waals surface area contributed by atoms with Crippen molar-refractivity contribution in [3.05, 3.63) is 41.8 Å². The van der Waals surface area contributed by atoms with Crippen molar-refractivity contribution in [1.82, 2.24) is 0 Å². The Labute approximate surface area is 82.2 Å². The Hall–Kier alpha value is -1.97. The number of nitrogens with two attached hydrogens (primary N) is 2. The summed E-state index contributed by atoms with van der Waals surface area (Å²) in [6.07, 6.45) is 0. The molecule has 0 heterocycles. The molecule has 14 heavy (non-hydrogen) atoms. The minimum atomic E-state index is -0.672. The van der Waals surface area contributed by atoms with E-state index in [-0.39, 0.29) is 11.5 Å². The molecule has 0 bridgehead atoms. The third kappa shape index (κ3) is 2.52. The summed E-state index contributed by atoms with van der Waals surface area (Å²) in [6, 6.07) is 8.85. The van der Waals surface area contributed by atoms with Crippen molar-refractivity contribution in [2.24, 2.45) is 11.5 Å². The minimum Gasteiger partial charge on any atom is -0.450 e. The van der Waals surface area contributed by atoms with E-state index in [2.05, 4.69) is 0 Å². The third-order valence-electron chi connectivity index (χ3n) is 1.55. The fourth-order valence-corrected chi connectivity index (χ4v) is 0.932. The van der Waals surface area contributed by atoms with E-state index in [1.165, 1.54) is 0 Å². The molecule has 0 aliphatic rings. The zero-order valence-corrected chi connectivity index (χ0v) is 7.86. The first-order chi connectivity index (χ1) is 6.61. The maximum Gasteiger partial charge on any atom is 0.286 e. The van der Waals surface area contributed by atoms with Gasteiger partial charge in [-0.3, -0.25) is 4.79 Å². The van der Waals surface area contributed by atoms with Gasteiger partial charge in [0.2, 0.25) is 5.76 Å². The van der Waals surface area contributed by atoms with E-state index < -0.39 is 5.91 Å². The topological polar surface area (TPSA) is 78.3 Å². The van der Waals surface area contributed by atoms with Gasteiger partial charge < -0.3 is 16.2 Å². The summed E-state index contributed by atoms with van der Waals surface area (Å²) in [4.78, 5) is 10.9. The molecule has 4 N–H and O–H groups in total. The summed E-state index contributed by atoms with van der Waals surface area (Å²) in [5.41, 5.74) is 10.8. The summed E-state index contributed by atoms with van der Waals surface area (Å²) in [5, 5.41) is 0. The van der Waals surface area contributed by atoms with E-state index >= 15 is 0 Å². The summed E-state index contributed by atoms with van der Waals surface area (Å²) in [7, 11) is 0. The van der Waals surface area contributed by atoms with Crippen molar-refractivity contribution in [2.75, 3.05) is 0 Å². The Morgan fingerprint density at radius 3 is 2.21 bits per heavy atom. The number of para-hydroxylation sites is 1. The number of hydrogen-bond donors (Lipinski definition) is 2. The van der Waals surface area contributed by atoms with Crippen LogP contribution in [-0.4, -0.2) is 5.91 Å². The molecule has 0 saturated heterocycles. The molecule has 0 aliphatic heterocycles. The van der Waals surface area contributed by atoms with Crippen LogP contribution in [0, 0.1) is 0 Å². The number of amides is 1. The lowest BCUT2D eigenvalue weighted by Crippen LogP contribution is -2.21. The van der Waals surface area contributed by atoms with Crippen molar-refractivity contribution in [3.8, 4) is 5.75 Å². The smallest absolute Gasteiger partial charge is 0.286 e. The number of benzene rings is 1. The van der Waals surface area contributed by atoms with E-state index in [0.717, 1.165) is 0 Å². The van der Waals surface area contributed by atoms with Gasteiger partial charge in [0.05, 0.1) is 5.70 Å². The highest BCUT2D eigenvalue weighted by atomic mass is 16.5. The van der Waals surface area contributed by atoms with E-state index in [4.69, 9.17) is 16.2 Å². The highest BCUT2D eigenvalue weighted by Gasteiger charge is 2.09. The van der Waals surface area contributed by atoms with Gasteiger partial charge in [-0.25, -0.2) is 0 Å². The van der Waals surface area contributed by atoms with Gasteiger partial charge in [0.25, 0.3) is 5.91 Å². The summed E-state index contributed by atoms with van der Waals surface area (Å²) >= 11 is 0. The molecule has 4 nitrogen and oxygen atoms in total. The van der Waals surface area contributed by atoms with Gasteiger partial charge in [-0.1, -0.05) is 18.2 Å². The van der Waals surface area contributed by atoms with E-state index in [1.807, 2.05) is 6.07 Å². The Bertz CT molecular complexity index is 354. The lowest BCUT2D eigenvalue weighted by molar-refractivity contribution is -0.116. The molecule has 74 valence electrons. The highest BCUT2D eigenvalue weighted by Crippen LogP contribution is 2.13. The van der Waals surface area contributed by atoms with Gasteiger partial charge in [-0.05, 0) is 19.1 Å². The van der Waals surface area contributed by atoms with Gasteiger partial charge in [0.1, 0.15) is 5.75 Å². The van der Waals surface area contributed by atoms with Crippen LogP contribution in [0.15, 0.2) is 41.8 Å².